The van der Waals surface area contributed by atoms with Crippen molar-refractivity contribution in [1.82, 2.24) is 9.97 Å². The summed E-state index contributed by atoms with van der Waals surface area (Å²) >= 11 is 6.15. The second-order valence-electron chi connectivity index (χ2n) is 6.13. The molecule has 2 N–H and O–H groups in total. The second kappa shape index (κ2) is 8.51. The summed E-state index contributed by atoms with van der Waals surface area (Å²) < 4.78 is 0. The largest absolute Gasteiger partial charge is 0.378 e. The smallest absolute Gasteiger partial charge is 0.274 e. The normalized spacial score (nSPS) is 10.3. The number of nitrogens with one attached hydrogen (secondary N) is 2. The van der Waals surface area contributed by atoms with Gasteiger partial charge in [-0.05, 0) is 35.9 Å². The molecule has 0 radical (unpaired) electrons. The van der Waals surface area contributed by atoms with Crippen LogP contribution in [0.25, 0.3) is 0 Å². The van der Waals surface area contributed by atoms with Crippen molar-refractivity contribution in [3.63, 3.8) is 0 Å². The molecule has 1 amide bonds. The van der Waals surface area contributed by atoms with E-state index >= 15 is 0 Å². The maximum Gasteiger partial charge on any atom is 0.274 e. The summed E-state index contributed by atoms with van der Waals surface area (Å²) in [6.45, 7) is 0.504. The first-order valence-electron chi connectivity index (χ1n) is 8.41. The monoisotopic (exact) mass is 381 g/mol. The van der Waals surface area contributed by atoms with Crippen LogP contribution >= 0.6 is 11.6 Å². The van der Waals surface area contributed by atoms with Crippen LogP contribution in [0.4, 0.5) is 17.2 Å². The lowest BCUT2D eigenvalue weighted by Crippen LogP contribution is -2.15. The van der Waals surface area contributed by atoms with E-state index in [-0.39, 0.29) is 11.6 Å². The van der Waals surface area contributed by atoms with Gasteiger partial charge >= 0.3 is 0 Å². The molecule has 1 heterocycles. The summed E-state index contributed by atoms with van der Waals surface area (Å²) in [5.41, 5.74) is 2.99. The van der Waals surface area contributed by atoms with E-state index in [0.717, 1.165) is 11.3 Å². The van der Waals surface area contributed by atoms with E-state index in [1.54, 1.807) is 6.07 Å². The zero-order valence-electron chi connectivity index (χ0n) is 15.1. The molecule has 1 aromatic heterocycles. The minimum absolute atomic E-state index is 0.281. The Balaban J connectivity index is 1.65. The molecule has 27 heavy (non-hydrogen) atoms. The number of halogens is 1. The molecule has 138 valence electrons. The number of carbonyl (C=O) groups excluding carboxylic acids is 1. The molecular weight excluding hydrogens is 362 g/mol. The number of hydrogen-bond donors (Lipinski definition) is 2. The fourth-order valence-corrected chi connectivity index (χ4v) is 2.65. The maximum atomic E-state index is 12.5. The molecule has 0 saturated carbocycles. The SMILES string of the molecule is CN(C)c1ccc(NC(=O)c2cc(NCc3ccccc3Cl)ncn2)cc1. The third-order valence-corrected chi connectivity index (χ3v) is 4.33. The topological polar surface area (TPSA) is 70.2 Å². The summed E-state index contributed by atoms with van der Waals surface area (Å²) in [6, 6.07) is 16.8. The molecule has 0 fully saturated rings. The Morgan fingerprint density at radius 2 is 1.81 bits per heavy atom. The Morgan fingerprint density at radius 1 is 1.07 bits per heavy atom. The molecule has 2 aromatic carbocycles. The van der Waals surface area contributed by atoms with Gasteiger partial charge in [-0.15, -0.1) is 0 Å². The lowest BCUT2D eigenvalue weighted by atomic mass is 10.2. The minimum atomic E-state index is -0.296. The Hall–Kier alpha value is -3.12. The number of nitrogens with zero attached hydrogens (tertiary/aromatic N) is 3. The van der Waals surface area contributed by atoms with Gasteiger partial charge in [0.1, 0.15) is 17.8 Å². The molecule has 3 aromatic rings. The summed E-state index contributed by atoms with van der Waals surface area (Å²) in [5, 5.41) is 6.68. The van der Waals surface area contributed by atoms with Gasteiger partial charge in [0, 0.05) is 43.1 Å². The predicted octanol–water partition coefficient (Wildman–Crippen LogP) is 4.06. The first-order valence-corrected chi connectivity index (χ1v) is 8.79. The van der Waals surface area contributed by atoms with E-state index in [4.69, 9.17) is 11.6 Å². The molecule has 7 heteroatoms. The molecule has 0 aliphatic rings. The van der Waals surface area contributed by atoms with Gasteiger partial charge in [-0.2, -0.15) is 0 Å². The molecule has 0 atom stereocenters. The van der Waals surface area contributed by atoms with E-state index < -0.39 is 0 Å². The van der Waals surface area contributed by atoms with Crippen LogP contribution in [0.3, 0.4) is 0 Å². The number of rotatable bonds is 6. The summed E-state index contributed by atoms with van der Waals surface area (Å²) in [6.07, 6.45) is 1.36. The van der Waals surface area contributed by atoms with Crippen LogP contribution in [-0.4, -0.2) is 30.0 Å². The van der Waals surface area contributed by atoms with Gasteiger partial charge in [-0.3, -0.25) is 4.79 Å². The second-order valence-corrected chi connectivity index (χ2v) is 6.54. The van der Waals surface area contributed by atoms with Crippen molar-refractivity contribution in [2.45, 2.75) is 6.54 Å². The van der Waals surface area contributed by atoms with Gasteiger partial charge in [0.25, 0.3) is 5.91 Å². The Bertz CT molecular complexity index is 928. The van der Waals surface area contributed by atoms with Crippen molar-refractivity contribution in [3.8, 4) is 0 Å². The Morgan fingerprint density at radius 3 is 2.52 bits per heavy atom. The predicted molar refractivity (Wildman–Crippen MR) is 110 cm³/mol. The fourth-order valence-electron chi connectivity index (χ4n) is 2.44. The van der Waals surface area contributed by atoms with Crippen molar-refractivity contribution >= 4 is 34.7 Å². The molecule has 0 bridgehead atoms. The van der Waals surface area contributed by atoms with Gasteiger partial charge in [0.15, 0.2) is 0 Å². The van der Waals surface area contributed by atoms with Crippen molar-refractivity contribution < 1.29 is 4.79 Å². The van der Waals surface area contributed by atoms with Gasteiger partial charge in [0.05, 0.1) is 0 Å². The summed E-state index contributed by atoms with van der Waals surface area (Å²) in [5.74, 6) is 0.258. The minimum Gasteiger partial charge on any atom is -0.378 e. The van der Waals surface area contributed by atoms with Gasteiger partial charge in [0.2, 0.25) is 0 Å². The van der Waals surface area contributed by atoms with Crippen molar-refractivity contribution in [1.29, 1.82) is 0 Å². The lowest BCUT2D eigenvalue weighted by molar-refractivity contribution is 0.102. The Kier molecular flexibility index (Phi) is 5.88. The number of carbonyl (C=O) groups is 1. The van der Waals surface area contributed by atoms with Crippen molar-refractivity contribution in [3.05, 3.63) is 77.2 Å². The molecule has 0 spiro atoms. The summed E-state index contributed by atoms with van der Waals surface area (Å²) in [7, 11) is 3.93. The van der Waals surface area contributed by atoms with Crippen LogP contribution in [-0.2, 0) is 6.54 Å². The third kappa shape index (κ3) is 4.95. The zero-order valence-corrected chi connectivity index (χ0v) is 15.9. The number of hydrogen-bond acceptors (Lipinski definition) is 5. The van der Waals surface area contributed by atoms with E-state index in [0.29, 0.717) is 23.1 Å². The van der Waals surface area contributed by atoms with Gasteiger partial charge in [-0.25, -0.2) is 9.97 Å². The zero-order chi connectivity index (χ0) is 19.2. The van der Waals surface area contributed by atoms with Gasteiger partial charge in [-0.1, -0.05) is 29.8 Å². The number of amides is 1. The van der Waals surface area contributed by atoms with Crippen LogP contribution in [0.2, 0.25) is 5.02 Å². The van der Waals surface area contributed by atoms with E-state index in [9.17, 15) is 4.79 Å². The highest BCUT2D eigenvalue weighted by Crippen LogP contribution is 2.18. The highest BCUT2D eigenvalue weighted by atomic mass is 35.5. The van der Waals surface area contributed by atoms with Crippen LogP contribution in [0.1, 0.15) is 16.1 Å². The van der Waals surface area contributed by atoms with Crippen LogP contribution in [0.15, 0.2) is 60.9 Å². The molecule has 0 aliphatic heterocycles. The maximum absolute atomic E-state index is 12.5. The number of anilines is 3. The quantitative estimate of drug-likeness (QED) is 0.673. The average molecular weight is 382 g/mol. The van der Waals surface area contributed by atoms with Crippen molar-refractivity contribution in [2.75, 3.05) is 29.6 Å². The molecule has 0 aliphatic carbocycles. The molecule has 3 rings (SSSR count). The molecule has 0 unspecified atom stereocenters. The van der Waals surface area contributed by atoms with Crippen LogP contribution in [0.5, 0.6) is 0 Å². The first-order chi connectivity index (χ1) is 13.0. The highest BCUT2D eigenvalue weighted by Gasteiger charge is 2.10. The number of benzene rings is 2. The standard InChI is InChI=1S/C20H20ClN5O/c1-26(2)16-9-7-15(8-10-16)25-20(27)18-11-19(24-13-23-18)22-12-14-5-3-4-6-17(14)21/h3-11,13H,12H2,1-2H3,(H,25,27)(H,22,23,24). The Labute approximate surface area is 163 Å². The fraction of sp³-hybridized carbons (Fsp3) is 0.150. The summed E-state index contributed by atoms with van der Waals surface area (Å²) in [4.78, 5) is 22.7. The number of aromatic nitrogens is 2. The van der Waals surface area contributed by atoms with E-state index in [2.05, 4.69) is 20.6 Å². The molecule has 6 nitrogen and oxygen atoms in total. The van der Waals surface area contributed by atoms with E-state index in [1.807, 2.05) is 67.5 Å². The third-order valence-electron chi connectivity index (χ3n) is 3.96. The van der Waals surface area contributed by atoms with Crippen LogP contribution < -0.4 is 15.5 Å². The van der Waals surface area contributed by atoms with Crippen molar-refractivity contribution in [2.24, 2.45) is 0 Å². The lowest BCUT2D eigenvalue weighted by Gasteiger charge is -2.13. The molecule has 0 saturated heterocycles. The van der Waals surface area contributed by atoms with E-state index in [1.165, 1.54) is 6.33 Å². The van der Waals surface area contributed by atoms with Crippen LogP contribution in [0, 0.1) is 0 Å². The highest BCUT2D eigenvalue weighted by molar-refractivity contribution is 6.31. The first kappa shape index (κ1) is 18.7. The average Bonchev–Trinajstić information content (AvgIpc) is 2.68. The molecular formula is C20H20ClN5O. The van der Waals surface area contributed by atoms with Gasteiger partial charge < -0.3 is 15.5 Å².